The first-order valence-electron chi connectivity index (χ1n) is 24.0. The monoisotopic (exact) mass is 948 g/mol. The van der Waals surface area contributed by atoms with Crippen LogP contribution in [0.3, 0.4) is 0 Å². The largest absolute Gasteiger partial charge is 0.491 e. The van der Waals surface area contributed by atoms with Crippen molar-refractivity contribution in [2.24, 2.45) is 0 Å². The van der Waals surface area contributed by atoms with Crippen LogP contribution in [0.15, 0.2) is 170 Å². The van der Waals surface area contributed by atoms with Crippen molar-refractivity contribution in [2.45, 2.75) is 85.2 Å². The highest BCUT2D eigenvalue weighted by atomic mass is 31.2. The van der Waals surface area contributed by atoms with E-state index in [0.717, 1.165) is 48.2 Å². The minimum Gasteiger partial charge on any atom is -0.491 e. The summed E-state index contributed by atoms with van der Waals surface area (Å²) < 4.78 is 56.3. The molecule has 1 N–H and O–H groups in total. The number of ether oxygens (including phenoxy) is 7. The third-order valence-electron chi connectivity index (χ3n) is 9.08. The van der Waals surface area contributed by atoms with Crippen molar-refractivity contribution < 1.29 is 47.4 Å². The van der Waals surface area contributed by atoms with Crippen molar-refractivity contribution in [3.05, 3.63) is 170 Å². The summed E-state index contributed by atoms with van der Waals surface area (Å²) in [5.74, 6) is 4.01. The normalized spacial score (nSPS) is 18.4. The number of benzene rings is 6. The molecule has 3 fully saturated rings. The Morgan fingerprint density at radius 3 is 1.15 bits per heavy atom. The van der Waals surface area contributed by atoms with Gasteiger partial charge in [0, 0.05) is 5.56 Å². The fraction of sp³-hybridized carbons (Fsp3) is 0.368. The number of epoxide rings is 3. The Hall–Kier alpha value is -5.61. The van der Waals surface area contributed by atoms with Crippen LogP contribution < -0.4 is 28.8 Å². The van der Waals surface area contributed by atoms with Gasteiger partial charge in [-0.25, -0.2) is 0 Å². The molecule has 11 heteroatoms. The van der Waals surface area contributed by atoms with E-state index >= 15 is 0 Å². The van der Waals surface area contributed by atoms with Gasteiger partial charge in [-0.3, -0.25) is 4.57 Å². The number of aliphatic hydroxyl groups is 1. The van der Waals surface area contributed by atoms with Crippen LogP contribution in [-0.4, -0.2) is 81.9 Å². The number of para-hydroxylation sites is 5. The molecule has 4 heterocycles. The molecule has 0 radical (unpaired) electrons. The average molecular weight is 949 g/mol. The van der Waals surface area contributed by atoms with Crippen molar-refractivity contribution in [1.29, 1.82) is 0 Å². The maximum Gasteiger partial charge on any atom is 0.280 e. The van der Waals surface area contributed by atoms with Gasteiger partial charge in [0.1, 0.15) is 73.5 Å². The molecule has 3 saturated heterocycles. The van der Waals surface area contributed by atoms with E-state index in [1.165, 1.54) is 19.3 Å². The molecule has 0 aromatic heterocycles. The Morgan fingerprint density at radius 1 is 0.471 bits per heavy atom. The van der Waals surface area contributed by atoms with E-state index in [-0.39, 0.29) is 12.8 Å². The lowest BCUT2D eigenvalue weighted by molar-refractivity contribution is 0.123. The number of fused-ring (bicyclic) bond motifs is 3. The van der Waals surface area contributed by atoms with Gasteiger partial charge in [-0.05, 0) is 66.2 Å². The van der Waals surface area contributed by atoms with Gasteiger partial charge in [-0.15, -0.1) is 0 Å². The van der Waals surface area contributed by atoms with Crippen molar-refractivity contribution in [3.63, 3.8) is 0 Å². The molecular formula is C57H73O10P. The van der Waals surface area contributed by atoms with E-state index in [9.17, 15) is 9.67 Å². The van der Waals surface area contributed by atoms with Gasteiger partial charge >= 0.3 is 0 Å². The number of hydrogen-bond donors (Lipinski definition) is 1. The van der Waals surface area contributed by atoms with Gasteiger partial charge in [-0.2, -0.15) is 0 Å². The Kier molecular flexibility index (Phi) is 26.0. The summed E-state index contributed by atoms with van der Waals surface area (Å²) in [6.07, 6.45) is 3.88. The summed E-state index contributed by atoms with van der Waals surface area (Å²) in [4.78, 5) is 0. The van der Waals surface area contributed by atoms with E-state index in [1.807, 2.05) is 170 Å². The van der Waals surface area contributed by atoms with Gasteiger partial charge in [0.15, 0.2) is 0 Å². The quantitative estimate of drug-likeness (QED) is 0.0834. The van der Waals surface area contributed by atoms with Crippen LogP contribution in [-0.2, 0) is 18.8 Å². The van der Waals surface area contributed by atoms with Gasteiger partial charge < -0.3 is 42.8 Å². The highest BCUT2D eigenvalue weighted by Gasteiger charge is 2.37. The molecule has 5 unspecified atom stereocenters. The second kappa shape index (κ2) is 32.2. The maximum atomic E-state index is 13.6. The van der Waals surface area contributed by atoms with Crippen LogP contribution in [0.4, 0.5) is 0 Å². The lowest BCUT2D eigenvalue weighted by Gasteiger charge is -2.29. The molecule has 0 bridgehead atoms. The molecule has 366 valence electrons. The Morgan fingerprint density at radius 2 is 0.779 bits per heavy atom. The molecule has 4 aliphatic heterocycles. The molecule has 10 nitrogen and oxygen atoms in total. The number of aliphatic hydroxyl groups excluding tert-OH is 1. The molecule has 4 aliphatic rings. The average Bonchev–Trinajstić information content (AvgIpc) is 4.21. The molecule has 0 spiro atoms. The van der Waals surface area contributed by atoms with Gasteiger partial charge in [-0.1, -0.05) is 170 Å². The minimum atomic E-state index is -3.24. The third-order valence-corrected chi connectivity index (χ3v) is 11.6. The maximum absolute atomic E-state index is 13.6. The summed E-state index contributed by atoms with van der Waals surface area (Å²) in [5.41, 5.74) is 1.82. The zero-order valence-electron chi connectivity index (χ0n) is 40.8. The Labute approximate surface area is 405 Å². The molecule has 68 heavy (non-hydrogen) atoms. The van der Waals surface area contributed by atoms with Crippen LogP contribution in [0, 0.1) is 0 Å². The van der Waals surface area contributed by atoms with E-state index in [1.54, 1.807) is 0 Å². The lowest BCUT2D eigenvalue weighted by Crippen LogP contribution is -2.28. The molecule has 5 atom stereocenters. The van der Waals surface area contributed by atoms with Crippen molar-refractivity contribution >= 4 is 12.7 Å². The lowest BCUT2D eigenvalue weighted by atomic mass is 10.0. The molecule has 6 aromatic carbocycles. The summed E-state index contributed by atoms with van der Waals surface area (Å²) in [7, 11) is -3.24. The number of rotatable bonds is 14. The van der Waals surface area contributed by atoms with E-state index in [2.05, 4.69) is 41.5 Å². The van der Waals surface area contributed by atoms with E-state index in [0.29, 0.717) is 54.9 Å². The smallest absolute Gasteiger partial charge is 0.280 e. The zero-order chi connectivity index (χ0) is 48.7. The van der Waals surface area contributed by atoms with Crippen molar-refractivity contribution in [2.75, 3.05) is 52.4 Å². The van der Waals surface area contributed by atoms with Crippen LogP contribution >= 0.6 is 7.37 Å². The predicted octanol–water partition coefficient (Wildman–Crippen LogP) is 12.7. The van der Waals surface area contributed by atoms with E-state index < -0.39 is 13.5 Å². The van der Waals surface area contributed by atoms with Crippen molar-refractivity contribution in [3.8, 4) is 39.9 Å². The first-order chi connectivity index (χ1) is 33.2. The van der Waals surface area contributed by atoms with Crippen molar-refractivity contribution in [1.82, 2.24) is 0 Å². The Bertz CT molecular complexity index is 2090. The van der Waals surface area contributed by atoms with Gasteiger partial charge in [0.25, 0.3) is 7.37 Å². The van der Waals surface area contributed by atoms with Crippen LogP contribution in [0.2, 0.25) is 0 Å². The molecule has 0 aliphatic carbocycles. The molecule has 6 aromatic rings. The highest BCUT2D eigenvalue weighted by Crippen LogP contribution is 2.54. The fourth-order valence-corrected chi connectivity index (χ4v) is 8.14. The van der Waals surface area contributed by atoms with Crippen LogP contribution in [0.1, 0.15) is 60.8 Å². The SMILES string of the molecule is CCC.CCC.CCC.O=P1(CC(O)COc2ccccc2)Oc2ccccc2-c2ccccc21.c1ccc(OCC2CO2)cc1.c1ccc(OCC2CO2)cc1.c1ccc(OCC2CO2)cc1. The fourth-order valence-electron chi connectivity index (χ4n) is 5.76. The highest BCUT2D eigenvalue weighted by molar-refractivity contribution is 7.67. The third kappa shape index (κ3) is 22.5. The zero-order valence-corrected chi connectivity index (χ0v) is 41.7. The van der Waals surface area contributed by atoms with E-state index in [4.69, 9.17) is 37.7 Å². The molecule has 10 rings (SSSR count). The standard InChI is InChI=1S/C21H19O4P.3C9H10O2.3C3H8/c22-16(14-24-17-8-2-1-3-9-17)15-26(23)21-13-7-5-11-19(21)18-10-4-6-12-20(18)25-26;3*1-2-4-8(5-3-1)10-6-9-7-11-9;3*1-3-2/h1-13,16,22H,14-15H2;3*1-5,9H,6-7H2;3*3H2,1-2H3. The summed E-state index contributed by atoms with van der Waals surface area (Å²) in [6.45, 7) is 17.4. The van der Waals surface area contributed by atoms with Crippen LogP contribution in [0.25, 0.3) is 11.1 Å². The van der Waals surface area contributed by atoms with Gasteiger partial charge in [0.2, 0.25) is 0 Å². The molecule has 0 saturated carbocycles. The predicted molar refractivity (Wildman–Crippen MR) is 275 cm³/mol. The first kappa shape index (κ1) is 55.0. The molecule has 0 amide bonds. The topological polar surface area (TPSA) is 121 Å². The second-order valence-corrected chi connectivity index (χ2v) is 18.5. The first-order valence-corrected chi connectivity index (χ1v) is 25.8. The van der Waals surface area contributed by atoms with Gasteiger partial charge in [0.05, 0.1) is 37.4 Å². The Balaban J connectivity index is 0.000000201. The second-order valence-electron chi connectivity index (χ2n) is 16.1. The summed E-state index contributed by atoms with van der Waals surface area (Å²) >= 11 is 0. The molecular weight excluding hydrogens is 876 g/mol. The summed E-state index contributed by atoms with van der Waals surface area (Å²) in [6, 6.07) is 53.7. The summed E-state index contributed by atoms with van der Waals surface area (Å²) in [5, 5.41) is 11.1. The number of hydrogen-bond acceptors (Lipinski definition) is 10. The van der Waals surface area contributed by atoms with Crippen LogP contribution in [0.5, 0.6) is 28.7 Å². The minimum absolute atomic E-state index is 0.00514.